The van der Waals surface area contributed by atoms with E-state index in [2.05, 4.69) is 479 Å². The summed E-state index contributed by atoms with van der Waals surface area (Å²) in [7, 11) is 0. The first-order chi connectivity index (χ1) is 71.7. The van der Waals surface area contributed by atoms with Crippen LogP contribution in [0.25, 0.3) is 197 Å². The van der Waals surface area contributed by atoms with Crippen molar-refractivity contribution in [2.45, 2.75) is 115 Å². The summed E-state index contributed by atoms with van der Waals surface area (Å²) >= 11 is 0. The molecule has 0 saturated heterocycles. The zero-order valence-corrected chi connectivity index (χ0v) is 81.4. The minimum Gasteiger partial charge on any atom is -0.317 e. The number of aromatic nitrogens is 6. The summed E-state index contributed by atoms with van der Waals surface area (Å²) in [4.78, 5) is 9.45. The highest BCUT2D eigenvalue weighted by molar-refractivity contribution is 6.19. The van der Waals surface area contributed by atoms with E-state index >= 15 is 0 Å². The van der Waals surface area contributed by atoms with Gasteiger partial charge in [-0.3, -0.25) is 0 Å². The maximum absolute atomic E-state index is 12.5. The highest BCUT2D eigenvalue weighted by Gasteiger charge is 2.37. The lowest BCUT2D eigenvalue weighted by molar-refractivity contribution is 0.444. The van der Waals surface area contributed by atoms with E-state index in [1.54, 1.807) is 0 Å². The molecule has 18 aromatic carbocycles. The van der Waals surface area contributed by atoms with Gasteiger partial charge in [0, 0.05) is 75.8 Å². The summed E-state index contributed by atoms with van der Waals surface area (Å²) in [5.41, 5.74) is 25.6. The number of hydrogen-bond donors (Lipinski definition) is 0. The van der Waals surface area contributed by atoms with E-state index in [1.165, 1.54) is 22.3 Å². The Labute approximate surface area is 844 Å². The first-order valence-electron chi connectivity index (χ1n) is 51.3. The summed E-state index contributed by atoms with van der Waals surface area (Å²) in [6.45, 7) is 28.6. The van der Waals surface area contributed by atoms with Gasteiger partial charge in [0.25, 0.3) is 0 Å². The maximum Gasteiger partial charge on any atom is 0.221 e. The fraction of sp³-hybridized carbons (Fsp3) is 0.141. The van der Waals surface area contributed by atoms with Crippen molar-refractivity contribution in [2.24, 2.45) is 5.92 Å². The van der Waals surface area contributed by atoms with Gasteiger partial charge in [-0.15, -0.1) is 6.58 Å². The Hall–Kier alpha value is -17.8. The number of rotatable bonds is 30. The van der Waals surface area contributed by atoms with Crippen molar-refractivity contribution in [1.29, 1.82) is 10.5 Å². The number of hydrogen-bond acceptors (Lipinski definition) is 2. The molecule has 24 rings (SSSR count). The molecule has 0 radical (unpaired) electrons. The van der Waals surface area contributed by atoms with Crippen molar-refractivity contribution >= 4 is 142 Å². The molecule has 145 heavy (non-hydrogen) atoms. The van der Waals surface area contributed by atoms with Crippen molar-refractivity contribution in [1.82, 2.24) is 27.4 Å². The molecule has 696 valence electrons. The highest BCUT2D eigenvalue weighted by atomic mass is 15.1. The molecule has 0 aliphatic rings. The van der Waals surface area contributed by atoms with Crippen molar-refractivity contribution < 1.29 is 0 Å². The lowest BCUT2D eigenvalue weighted by Gasteiger charge is -2.27. The molecule has 0 amide bonds. The third-order valence-corrected chi connectivity index (χ3v) is 31.4. The molecule has 0 aliphatic heterocycles. The normalized spacial score (nSPS) is 12.9. The number of unbranched alkanes of at least 4 members (excludes halogenated alkanes) is 1. The quantitative estimate of drug-likeness (QED) is 0.0255. The van der Waals surface area contributed by atoms with E-state index in [0.29, 0.717) is 74.1 Å². The Morgan fingerprint density at radius 1 is 0.269 bits per heavy atom. The molecule has 5 atom stereocenters. The molecule has 5 unspecified atom stereocenters. The molecule has 0 fully saturated rings. The standard InChI is InChI=1S/C135H106N10/c1-6-90(74-76-97(94-46-17-12-18-47-94)75-73-89(3)92-78-83-98(84-79-92)126-112(87-136)130(140-114-61-31-19-49-100(114)101-50-20-32-62-115(101)140)134(144-122-69-39-27-57-108(122)109-58-28-40-70-123(109)144)132(128(126)138-4)142-118-65-35-23-53-104(118)105-54-24-36-66-119(105)142)43-13-9-8-10-14-48-95(93-44-15-11-16-45-93)80-77-91(7-2)96-81-85-99(86-82-96)127-113(88-137)131(141-116-63-33-21-51-102(116)103-52-22-34-64-117(103)141)135(145-124-71-41-29-59-110(124)111-60-30-42-72-125(111)145)133(129(127)139-5)143-120-67-37-25-55-106(120)107-56-26-38-68-121(107)143/h6,8,10-12,15-42,44-47,49-72,78-79,81-86,89-91,95,97H,1,7,9,13-14,43,48,73-77,80H2,2-3H3/b10-8+. The van der Waals surface area contributed by atoms with Crippen LogP contribution in [0.1, 0.15) is 148 Å². The maximum atomic E-state index is 12.5. The van der Waals surface area contributed by atoms with Crippen LogP contribution in [-0.4, -0.2) is 27.4 Å². The largest absolute Gasteiger partial charge is 0.317 e. The van der Waals surface area contributed by atoms with Crippen molar-refractivity contribution in [3.05, 3.63) is 481 Å². The van der Waals surface area contributed by atoms with Gasteiger partial charge < -0.3 is 27.4 Å². The molecule has 0 bridgehead atoms. The molecule has 10 heteroatoms. The first-order valence-corrected chi connectivity index (χ1v) is 51.3. The predicted molar refractivity (Wildman–Crippen MR) is 605 cm³/mol. The van der Waals surface area contributed by atoms with Gasteiger partial charge in [0.05, 0.1) is 125 Å². The van der Waals surface area contributed by atoms with Crippen LogP contribution >= 0.6 is 0 Å². The smallest absolute Gasteiger partial charge is 0.221 e. The second-order valence-electron chi connectivity index (χ2n) is 39.1. The number of fused-ring (bicyclic) bond motifs is 18. The first kappa shape index (κ1) is 89.8. The van der Waals surface area contributed by atoms with Crippen LogP contribution in [0.2, 0.25) is 0 Å². The third-order valence-electron chi connectivity index (χ3n) is 31.4. The summed E-state index contributed by atoms with van der Waals surface area (Å²) in [6, 6.07) is 148. The van der Waals surface area contributed by atoms with Crippen LogP contribution in [0.3, 0.4) is 0 Å². The molecule has 0 aliphatic carbocycles. The number of allylic oxidation sites excluding steroid dienone is 3. The number of nitriles is 2. The topological polar surface area (TPSA) is 85.9 Å². The second kappa shape index (κ2) is 38.7. The molecular weight excluding hydrogens is 1760 g/mol. The lowest BCUT2D eigenvalue weighted by Crippen LogP contribution is -2.13. The molecule has 6 aromatic heterocycles. The van der Waals surface area contributed by atoms with Gasteiger partial charge in [0.1, 0.15) is 12.1 Å². The Balaban J connectivity index is 0.484. The van der Waals surface area contributed by atoms with E-state index in [0.717, 1.165) is 230 Å². The van der Waals surface area contributed by atoms with Crippen LogP contribution in [0.5, 0.6) is 0 Å². The number of para-hydroxylation sites is 12. The molecule has 0 spiro atoms. The number of nitrogens with zero attached hydrogens (tertiary/aromatic N) is 10. The zero-order valence-electron chi connectivity index (χ0n) is 81.4. The monoisotopic (exact) mass is 1870 g/mol. The molecule has 0 saturated carbocycles. The number of benzene rings is 18. The SMILES string of the molecule is [C-]#[N+]c1c(-c2ccc(C(C)CCC(CCC(C=C)CCC/C=C/CCC(CCC(CC)c3ccc(-c4c(C#N)c(-n5c6ccccc6c6ccccc65)c(-n5c6ccccc6c6ccccc65)c(-n5c6ccccc6c6ccccc65)c4[N+]#[C-])cc3)c3ccccc3)c3ccccc3)cc2)c(C#N)c(-n2c3ccccc3c3ccccc32)c(-n2c3ccccc3c3ccccc32)c1-n1c2ccccc2c2ccccc21. The van der Waals surface area contributed by atoms with Crippen molar-refractivity contribution in [3.8, 4) is 68.5 Å². The highest BCUT2D eigenvalue weighted by Crippen LogP contribution is 2.56. The average Bonchev–Trinajstić information content (AvgIpc) is 1.57. The Kier molecular flexibility index (Phi) is 23.9. The van der Waals surface area contributed by atoms with Gasteiger partial charge in [-0.25, -0.2) is 9.69 Å². The molecule has 24 aromatic rings. The molecule has 10 nitrogen and oxygen atoms in total. The van der Waals surface area contributed by atoms with Gasteiger partial charge in [-0.05, 0) is 213 Å². The zero-order chi connectivity index (χ0) is 97.7. The summed E-state index contributed by atoms with van der Waals surface area (Å²) < 4.78 is 13.9. The summed E-state index contributed by atoms with van der Waals surface area (Å²) in [5.74, 6) is 1.59. The van der Waals surface area contributed by atoms with Crippen molar-refractivity contribution in [2.75, 3.05) is 0 Å². The fourth-order valence-corrected chi connectivity index (χ4v) is 24.4. The van der Waals surface area contributed by atoms with Gasteiger partial charge in [0.2, 0.25) is 11.4 Å². The van der Waals surface area contributed by atoms with Crippen LogP contribution < -0.4 is 0 Å². The van der Waals surface area contributed by atoms with Crippen LogP contribution in [0, 0.1) is 41.7 Å². The van der Waals surface area contributed by atoms with Crippen molar-refractivity contribution in [3.63, 3.8) is 0 Å². The van der Waals surface area contributed by atoms with Gasteiger partial charge >= 0.3 is 0 Å². The average molecular weight is 1870 g/mol. The van der Waals surface area contributed by atoms with Crippen LogP contribution in [-0.2, 0) is 0 Å². The van der Waals surface area contributed by atoms with Gasteiger partial charge in [0.15, 0.2) is 0 Å². The Morgan fingerprint density at radius 3 is 0.814 bits per heavy atom. The fourth-order valence-electron chi connectivity index (χ4n) is 24.4. The van der Waals surface area contributed by atoms with E-state index < -0.39 is 0 Å². The molecule has 6 heterocycles. The van der Waals surface area contributed by atoms with E-state index in [1.807, 2.05) is 0 Å². The molecular formula is C135H106N10. The van der Waals surface area contributed by atoms with Gasteiger partial charge in [-0.1, -0.05) is 360 Å². The van der Waals surface area contributed by atoms with E-state index in [4.69, 9.17) is 9.69 Å². The minimum absolute atomic E-state index is 0.211. The summed E-state index contributed by atoms with van der Waals surface area (Å²) in [6.07, 6.45) is 19.4. The minimum atomic E-state index is 0.211. The van der Waals surface area contributed by atoms with Crippen LogP contribution in [0.4, 0.5) is 11.4 Å². The van der Waals surface area contributed by atoms with E-state index in [-0.39, 0.29) is 11.8 Å². The Morgan fingerprint density at radius 2 is 0.517 bits per heavy atom. The second-order valence-corrected chi connectivity index (χ2v) is 39.1. The summed E-state index contributed by atoms with van der Waals surface area (Å²) in [5, 5.41) is 37.8. The van der Waals surface area contributed by atoms with E-state index in [9.17, 15) is 23.7 Å². The van der Waals surface area contributed by atoms with Gasteiger partial charge in [-0.2, -0.15) is 10.5 Å². The predicted octanol–water partition coefficient (Wildman–Crippen LogP) is 37.0. The van der Waals surface area contributed by atoms with Crippen LogP contribution in [0.15, 0.2) is 425 Å². The molecule has 0 N–H and O–H groups in total. The third kappa shape index (κ3) is 15.4. The Bertz CT molecular complexity index is 8780. The lowest BCUT2D eigenvalue weighted by atomic mass is 9.83.